The molecule has 1 N–H and O–H groups in total. The van der Waals surface area contributed by atoms with Crippen molar-refractivity contribution in [3.05, 3.63) is 35.4 Å². The van der Waals surface area contributed by atoms with Gasteiger partial charge in [-0.1, -0.05) is 52.0 Å². The maximum atomic E-state index is 5.22. The Morgan fingerprint density at radius 1 is 1.05 bits per heavy atom. The van der Waals surface area contributed by atoms with Gasteiger partial charge in [0.2, 0.25) is 0 Å². The largest absolute Gasteiger partial charge is 0.383 e. The fraction of sp³-hybridized carbons (Fsp3) is 0.667. The zero-order valence-corrected chi connectivity index (χ0v) is 14.4. The van der Waals surface area contributed by atoms with Crippen LogP contribution in [0, 0.1) is 5.92 Å². The van der Waals surface area contributed by atoms with Gasteiger partial charge in [-0.05, 0) is 17.0 Å². The van der Waals surface area contributed by atoms with Gasteiger partial charge in [-0.2, -0.15) is 0 Å². The molecule has 0 saturated carbocycles. The third kappa shape index (κ3) is 8.20. The number of nitrogens with one attached hydrogen (secondary N) is 1. The zero-order chi connectivity index (χ0) is 15.7. The van der Waals surface area contributed by atoms with E-state index in [-0.39, 0.29) is 0 Å². The van der Waals surface area contributed by atoms with Crippen LogP contribution in [0.4, 0.5) is 0 Å². The van der Waals surface area contributed by atoms with E-state index in [9.17, 15) is 0 Å². The van der Waals surface area contributed by atoms with Gasteiger partial charge in [0.05, 0.1) is 6.61 Å². The Kier molecular flexibility index (Phi) is 8.58. The van der Waals surface area contributed by atoms with Crippen LogP contribution in [-0.2, 0) is 17.8 Å². The summed E-state index contributed by atoms with van der Waals surface area (Å²) in [5, 5.41) is 3.45. The Morgan fingerprint density at radius 3 is 2.19 bits per heavy atom. The van der Waals surface area contributed by atoms with Gasteiger partial charge >= 0.3 is 0 Å². The van der Waals surface area contributed by atoms with Crippen LogP contribution < -0.4 is 5.32 Å². The van der Waals surface area contributed by atoms with Crippen LogP contribution in [0.5, 0.6) is 0 Å². The van der Waals surface area contributed by atoms with E-state index in [4.69, 9.17) is 4.74 Å². The number of hydrogen-bond donors (Lipinski definition) is 1. The Labute approximate surface area is 130 Å². The first-order valence-electron chi connectivity index (χ1n) is 8.03. The van der Waals surface area contributed by atoms with Gasteiger partial charge in [0.15, 0.2) is 0 Å². The van der Waals surface area contributed by atoms with Crippen molar-refractivity contribution >= 4 is 0 Å². The van der Waals surface area contributed by atoms with Crippen LogP contribution in [0.2, 0.25) is 0 Å². The summed E-state index contributed by atoms with van der Waals surface area (Å²) < 4.78 is 5.22. The summed E-state index contributed by atoms with van der Waals surface area (Å²) in [6.45, 7) is 13.7. The standard InChI is InChI=1S/C18H32N2O/c1-15(2)13-20(10-11-21-5)14-18-8-6-17(7-9-18)12-19-16(3)4/h6-9,15-16,19H,10-14H2,1-5H3. The number of ether oxygens (including phenoxy) is 1. The van der Waals surface area contributed by atoms with Crippen LogP contribution >= 0.6 is 0 Å². The van der Waals surface area contributed by atoms with Crippen molar-refractivity contribution in [3.63, 3.8) is 0 Å². The van der Waals surface area contributed by atoms with Crippen molar-refractivity contribution in [2.24, 2.45) is 5.92 Å². The van der Waals surface area contributed by atoms with Crippen molar-refractivity contribution in [1.29, 1.82) is 0 Å². The van der Waals surface area contributed by atoms with Crippen LogP contribution in [0.25, 0.3) is 0 Å². The monoisotopic (exact) mass is 292 g/mol. The molecule has 1 aromatic carbocycles. The number of benzene rings is 1. The molecular formula is C18H32N2O. The Morgan fingerprint density at radius 2 is 1.67 bits per heavy atom. The second-order valence-electron chi connectivity index (χ2n) is 6.47. The van der Waals surface area contributed by atoms with Gasteiger partial charge in [-0.25, -0.2) is 0 Å². The van der Waals surface area contributed by atoms with Crippen LogP contribution in [0.1, 0.15) is 38.8 Å². The first kappa shape index (κ1) is 18.1. The van der Waals surface area contributed by atoms with Crippen molar-refractivity contribution in [3.8, 4) is 0 Å². The highest BCUT2D eigenvalue weighted by Gasteiger charge is 2.08. The fourth-order valence-corrected chi connectivity index (χ4v) is 2.31. The molecule has 3 heteroatoms. The van der Waals surface area contributed by atoms with Crippen molar-refractivity contribution < 1.29 is 4.74 Å². The molecule has 0 aliphatic rings. The van der Waals surface area contributed by atoms with E-state index in [1.54, 1.807) is 7.11 Å². The Bertz CT molecular complexity index is 373. The summed E-state index contributed by atoms with van der Waals surface area (Å²) in [5.41, 5.74) is 2.72. The third-order valence-electron chi connectivity index (χ3n) is 3.38. The van der Waals surface area contributed by atoms with Crippen molar-refractivity contribution in [2.45, 2.75) is 46.8 Å². The molecule has 0 heterocycles. The molecule has 0 fully saturated rings. The van der Waals surface area contributed by atoms with Gasteiger partial charge < -0.3 is 10.1 Å². The first-order chi connectivity index (χ1) is 10.0. The molecule has 1 aromatic rings. The SMILES string of the molecule is COCCN(Cc1ccc(CNC(C)C)cc1)CC(C)C. The predicted octanol–water partition coefficient (Wildman–Crippen LogP) is 3.29. The Balaban J connectivity index is 2.53. The van der Waals surface area contributed by atoms with Gasteiger partial charge in [0.1, 0.15) is 0 Å². The molecule has 0 atom stereocenters. The average Bonchev–Trinajstić information content (AvgIpc) is 2.43. The maximum Gasteiger partial charge on any atom is 0.0589 e. The smallest absolute Gasteiger partial charge is 0.0589 e. The van der Waals surface area contributed by atoms with E-state index in [0.29, 0.717) is 12.0 Å². The lowest BCUT2D eigenvalue weighted by Crippen LogP contribution is -2.30. The van der Waals surface area contributed by atoms with Gasteiger partial charge in [0, 0.05) is 39.3 Å². The highest BCUT2D eigenvalue weighted by atomic mass is 16.5. The summed E-state index contributed by atoms with van der Waals surface area (Å²) in [4.78, 5) is 2.47. The minimum atomic E-state index is 0.528. The predicted molar refractivity (Wildman–Crippen MR) is 90.4 cm³/mol. The lowest BCUT2D eigenvalue weighted by Gasteiger charge is -2.24. The van der Waals surface area contributed by atoms with Crippen molar-refractivity contribution in [1.82, 2.24) is 10.2 Å². The molecule has 120 valence electrons. The van der Waals surface area contributed by atoms with E-state index in [1.807, 2.05) is 0 Å². The fourth-order valence-electron chi connectivity index (χ4n) is 2.31. The van der Waals surface area contributed by atoms with E-state index < -0.39 is 0 Å². The maximum absolute atomic E-state index is 5.22. The summed E-state index contributed by atoms with van der Waals surface area (Å²) in [6.07, 6.45) is 0. The van der Waals surface area contributed by atoms with Gasteiger partial charge in [-0.15, -0.1) is 0 Å². The molecule has 21 heavy (non-hydrogen) atoms. The van der Waals surface area contributed by atoms with Gasteiger partial charge in [0.25, 0.3) is 0 Å². The number of rotatable bonds is 10. The summed E-state index contributed by atoms with van der Waals surface area (Å²) in [7, 11) is 1.77. The molecule has 0 amide bonds. The molecule has 0 spiro atoms. The molecule has 0 aliphatic carbocycles. The molecule has 0 aliphatic heterocycles. The van der Waals surface area contributed by atoms with E-state index >= 15 is 0 Å². The third-order valence-corrected chi connectivity index (χ3v) is 3.38. The number of hydrogen-bond acceptors (Lipinski definition) is 3. The minimum absolute atomic E-state index is 0.528. The van der Waals surface area contributed by atoms with E-state index in [2.05, 4.69) is 62.2 Å². The number of methoxy groups -OCH3 is 1. The highest BCUT2D eigenvalue weighted by Crippen LogP contribution is 2.09. The van der Waals surface area contributed by atoms with Crippen LogP contribution in [0.3, 0.4) is 0 Å². The average molecular weight is 292 g/mol. The lowest BCUT2D eigenvalue weighted by atomic mass is 10.1. The second kappa shape index (κ2) is 9.93. The zero-order valence-electron chi connectivity index (χ0n) is 14.4. The molecule has 0 bridgehead atoms. The van der Waals surface area contributed by atoms with Crippen LogP contribution in [0.15, 0.2) is 24.3 Å². The second-order valence-corrected chi connectivity index (χ2v) is 6.47. The normalized spacial score (nSPS) is 11.8. The molecule has 3 nitrogen and oxygen atoms in total. The topological polar surface area (TPSA) is 24.5 Å². The summed E-state index contributed by atoms with van der Waals surface area (Å²) in [6, 6.07) is 9.48. The molecule has 0 aromatic heterocycles. The molecule has 0 saturated heterocycles. The van der Waals surface area contributed by atoms with Crippen LogP contribution in [-0.4, -0.2) is 37.7 Å². The number of nitrogens with zero attached hydrogens (tertiary/aromatic N) is 1. The highest BCUT2D eigenvalue weighted by molar-refractivity contribution is 5.22. The molecule has 0 unspecified atom stereocenters. The molecule has 0 radical (unpaired) electrons. The first-order valence-corrected chi connectivity index (χ1v) is 8.03. The van der Waals surface area contributed by atoms with E-state index in [1.165, 1.54) is 11.1 Å². The van der Waals surface area contributed by atoms with E-state index in [0.717, 1.165) is 32.8 Å². The molecular weight excluding hydrogens is 260 g/mol. The van der Waals surface area contributed by atoms with Gasteiger partial charge in [-0.3, -0.25) is 4.90 Å². The van der Waals surface area contributed by atoms with Crippen molar-refractivity contribution in [2.75, 3.05) is 26.8 Å². The summed E-state index contributed by atoms with van der Waals surface area (Å²) >= 11 is 0. The minimum Gasteiger partial charge on any atom is -0.383 e. The molecule has 1 rings (SSSR count). The lowest BCUT2D eigenvalue weighted by molar-refractivity contribution is 0.136. The quantitative estimate of drug-likeness (QED) is 0.716. The Hall–Kier alpha value is -0.900. The summed E-state index contributed by atoms with van der Waals surface area (Å²) in [5.74, 6) is 0.677.